The molecule has 5 rings (SSSR count). The number of likely N-dealkylation sites (tertiary alicyclic amines) is 2. The summed E-state index contributed by atoms with van der Waals surface area (Å²) >= 11 is 0. The van der Waals surface area contributed by atoms with E-state index in [0.717, 1.165) is 79.4 Å². The first-order valence-corrected chi connectivity index (χ1v) is 15.6. The molecule has 1 aromatic carbocycles. The molecule has 2 saturated heterocycles. The van der Waals surface area contributed by atoms with Crippen molar-refractivity contribution in [2.24, 2.45) is 7.05 Å². The second-order valence-electron chi connectivity index (χ2n) is 11.9. The summed E-state index contributed by atoms with van der Waals surface area (Å²) in [6, 6.07) is 9.79. The highest BCUT2D eigenvalue weighted by Crippen LogP contribution is 2.33. The number of aryl methyl sites for hydroxylation is 2. The standard InChI is InChI=1S/C29H41N5O3S/c1-20-27-26(32(4)28(31-27)22-6-8-24(9-7-22)38(5,36)37)18-25(30-20)21-10-16-34(17-11-21)23-12-14-33(15-13-23)19-29(2,3)35/h6-9,18,21,23,35H,10-17,19H2,1-5H3. The Kier molecular flexibility index (Phi) is 7.41. The molecular weight excluding hydrogens is 498 g/mol. The average Bonchev–Trinajstić information content (AvgIpc) is 3.20. The number of fused-ring (bicyclic) bond motifs is 1. The zero-order valence-electron chi connectivity index (χ0n) is 23.3. The SMILES string of the molecule is Cc1nc(C2CCN(C3CCN(CC(C)(C)O)CC3)CC2)cc2c1nc(-c1ccc(S(C)(=O)=O)cc1)n2C. The highest BCUT2D eigenvalue weighted by Gasteiger charge is 2.31. The molecule has 0 unspecified atom stereocenters. The fraction of sp³-hybridized carbons (Fsp3) is 0.586. The van der Waals surface area contributed by atoms with Gasteiger partial charge >= 0.3 is 0 Å². The van der Waals surface area contributed by atoms with E-state index in [1.807, 2.05) is 40.0 Å². The zero-order valence-corrected chi connectivity index (χ0v) is 24.1. The van der Waals surface area contributed by atoms with E-state index >= 15 is 0 Å². The van der Waals surface area contributed by atoms with Gasteiger partial charge in [-0.05, 0) is 103 Å². The van der Waals surface area contributed by atoms with Gasteiger partial charge in [-0.2, -0.15) is 0 Å². The van der Waals surface area contributed by atoms with Crippen molar-refractivity contribution in [3.05, 3.63) is 41.7 Å². The highest BCUT2D eigenvalue weighted by molar-refractivity contribution is 7.90. The molecule has 9 heteroatoms. The van der Waals surface area contributed by atoms with Crippen LogP contribution in [0.5, 0.6) is 0 Å². The molecule has 0 spiro atoms. The lowest BCUT2D eigenvalue weighted by molar-refractivity contribution is 0.0143. The van der Waals surface area contributed by atoms with Crippen LogP contribution in [0.4, 0.5) is 0 Å². The lowest BCUT2D eigenvalue weighted by Gasteiger charge is -2.42. The normalized spacial score (nSPS) is 19.4. The van der Waals surface area contributed by atoms with Gasteiger partial charge in [-0.25, -0.2) is 13.4 Å². The van der Waals surface area contributed by atoms with Crippen molar-refractivity contribution < 1.29 is 13.5 Å². The van der Waals surface area contributed by atoms with Crippen molar-refractivity contribution >= 4 is 20.9 Å². The van der Waals surface area contributed by atoms with Gasteiger partial charge in [0, 0.05) is 43.1 Å². The maximum absolute atomic E-state index is 11.8. The van der Waals surface area contributed by atoms with Gasteiger partial charge in [-0.15, -0.1) is 0 Å². The maximum Gasteiger partial charge on any atom is 0.175 e. The number of nitrogens with zero attached hydrogens (tertiary/aromatic N) is 5. The number of benzene rings is 1. The molecule has 0 amide bonds. The van der Waals surface area contributed by atoms with E-state index in [0.29, 0.717) is 16.9 Å². The molecular formula is C29H41N5O3S. The Morgan fingerprint density at radius 2 is 1.63 bits per heavy atom. The number of sulfone groups is 1. The smallest absolute Gasteiger partial charge is 0.175 e. The Morgan fingerprint density at radius 1 is 1.00 bits per heavy atom. The molecule has 0 radical (unpaired) electrons. The van der Waals surface area contributed by atoms with E-state index in [4.69, 9.17) is 9.97 Å². The molecule has 2 aromatic heterocycles. The summed E-state index contributed by atoms with van der Waals surface area (Å²) in [7, 11) is -1.21. The predicted octanol–water partition coefficient (Wildman–Crippen LogP) is 3.76. The second-order valence-corrected chi connectivity index (χ2v) is 13.9. The maximum atomic E-state index is 11.8. The Morgan fingerprint density at radius 3 is 2.21 bits per heavy atom. The monoisotopic (exact) mass is 539 g/mol. The number of β-amino-alcohol motifs (C(OH)–C–C–N with tert-alkyl or cyclic N) is 1. The van der Waals surface area contributed by atoms with Gasteiger partial charge in [-0.1, -0.05) is 0 Å². The number of rotatable bonds is 6. The lowest BCUT2D eigenvalue weighted by atomic mass is 9.90. The molecule has 1 N–H and O–H groups in total. The number of imidazole rings is 1. The van der Waals surface area contributed by atoms with Gasteiger partial charge in [0.1, 0.15) is 11.3 Å². The molecule has 2 aliphatic rings. The Labute approximate surface area is 226 Å². The predicted molar refractivity (Wildman–Crippen MR) is 151 cm³/mol. The van der Waals surface area contributed by atoms with Crippen molar-refractivity contribution in [3.63, 3.8) is 0 Å². The van der Waals surface area contributed by atoms with Crippen molar-refractivity contribution in [1.29, 1.82) is 0 Å². The van der Waals surface area contributed by atoms with Crippen LogP contribution in [0.3, 0.4) is 0 Å². The van der Waals surface area contributed by atoms with Gasteiger partial charge in [0.2, 0.25) is 0 Å². The molecule has 8 nitrogen and oxygen atoms in total. The summed E-state index contributed by atoms with van der Waals surface area (Å²) in [5, 5.41) is 10.1. The molecule has 38 heavy (non-hydrogen) atoms. The Hall–Kier alpha value is -2.33. The molecule has 206 valence electrons. The van der Waals surface area contributed by atoms with E-state index in [2.05, 4.69) is 20.4 Å². The van der Waals surface area contributed by atoms with Crippen LogP contribution in [0.2, 0.25) is 0 Å². The van der Waals surface area contributed by atoms with E-state index in [9.17, 15) is 13.5 Å². The van der Waals surface area contributed by atoms with Crippen molar-refractivity contribution in [2.75, 3.05) is 39.0 Å². The summed E-state index contributed by atoms with van der Waals surface area (Å²) in [5.74, 6) is 1.25. The summed E-state index contributed by atoms with van der Waals surface area (Å²) in [6.07, 6.45) is 5.79. The van der Waals surface area contributed by atoms with Crippen LogP contribution in [-0.2, 0) is 16.9 Å². The summed E-state index contributed by atoms with van der Waals surface area (Å²) in [4.78, 5) is 15.3. The minimum atomic E-state index is -3.23. The molecule has 0 aliphatic carbocycles. The molecule has 3 aromatic rings. The minimum absolute atomic E-state index is 0.311. The van der Waals surface area contributed by atoms with Crippen LogP contribution >= 0.6 is 0 Å². The van der Waals surface area contributed by atoms with Gasteiger partial charge in [0.15, 0.2) is 9.84 Å². The Bertz CT molecular complexity index is 1390. The van der Waals surface area contributed by atoms with Crippen molar-refractivity contribution in [2.45, 2.75) is 68.9 Å². The first-order chi connectivity index (χ1) is 17.9. The van der Waals surface area contributed by atoms with E-state index in [-0.39, 0.29) is 0 Å². The molecule has 0 atom stereocenters. The van der Waals surface area contributed by atoms with Crippen LogP contribution in [0.25, 0.3) is 22.4 Å². The topological polar surface area (TPSA) is 91.6 Å². The van der Waals surface area contributed by atoms with E-state index in [1.165, 1.54) is 19.1 Å². The number of piperidine rings is 2. The minimum Gasteiger partial charge on any atom is -0.389 e. The number of hydrogen-bond acceptors (Lipinski definition) is 7. The van der Waals surface area contributed by atoms with Crippen LogP contribution in [0, 0.1) is 6.92 Å². The third-order valence-electron chi connectivity index (χ3n) is 8.24. The first kappa shape index (κ1) is 27.2. The highest BCUT2D eigenvalue weighted by atomic mass is 32.2. The Balaban J connectivity index is 1.27. The van der Waals surface area contributed by atoms with Crippen LogP contribution < -0.4 is 0 Å². The summed E-state index contributed by atoms with van der Waals surface area (Å²) < 4.78 is 25.8. The molecule has 2 fully saturated rings. The summed E-state index contributed by atoms with van der Waals surface area (Å²) in [6.45, 7) is 10.9. The first-order valence-electron chi connectivity index (χ1n) is 13.7. The molecule has 4 heterocycles. The third kappa shape index (κ3) is 5.81. The van der Waals surface area contributed by atoms with Crippen LogP contribution in [0.15, 0.2) is 35.2 Å². The van der Waals surface area contributed by atoms with Gasteiger partial charge in [-0.3, -0.25) is 4.98 Å². The number of aliphatic hydroxyl groups is 1. The third-order valence-corrected chi connectivity index (χ3v) is 9.36. The fourth-order valence-electron chi connectivity index (χ4n) is 6.23. The molecule has 2 aliphatic heterocycles. The van der Waals surface area contributed by atoms with Crippen molar-refractivity contribution in [3.8, 4) is 11.4 Å². The van der Waals surface area contributed by atoms with Crippen molar-refractivity contribution in [1.82, 2.24) is 24.3 Å². The average molecular weight is 540 g/mol. The second kappa shape index (κ2) is 10.3. The zero-order chi connectivity index (χ0) is 27.2. The quantitative estimate of drug-likeness (QED) is 0.510. The van der Waals surface area contributed by atoms with E-state index < -0.39 is 15.4 Å². The molecule has 0 bridgehead atoms. The number of aromatic nitrogens is 3. The lowest BCUT2D eigenvalue weighted by Crippen LogP contribution is -2.50. The van der Waals surface area contributed by atoms with Gasteiger partial charge in [0.05, 0.1) is 21.7 Å². The van der Waals surface area contributed by atoms with Crippen LogP contribution in [-0.4, -0.2) is 88.5 Å². The largest absolute Gasteiger partial charge is 0.389 e. The van der Waals surface area contributed by atoms with Gasteiger partial charge < -0.3 is 19.5 Å². The number of hydrogen-bond donors (Lipinski definition) is 1. The van der Waals surface area contributed by atoms with Gasteiger partial charge in [0.25, 0.3) is 0 Å². The molecule has 0 saturated carbocycles. The van der Waals surface area contributed by atoms with E-state index in [1.54, 1.807) is 12.1 Å². The van der Waals surface area contributed by atoms with Crippen LogP contribution in [0.1, 0.15) is 56.8 Å². The summed E-state index contributed by atoms with van der Waals surface area (Å²) in [5.41, 5.74) is 4.31. The number of pyridine rings is 1. The fourth-order valence-corrected chi connectivity index (χ4v) is 6.86.